The number of hydrogen-bond donors (Lipinski definition) is 0. The second-order valence-corrected chi connectivity index (χ2v) is 5.14. The molecule has 0 aliphatic carbocycles. The number of halogens is 1. The first-order valence-electron chi connectivity index (χ1n) is 6.07. The summed E-state index contributed by atoms with van der Waals surface area (Å²) in [5.74, 6) is 0.851. The van der Waals surface area contributed by atoms with Gasteiger partial charge in [0.15, 0.2) is 0 Å². The minimum atomic E-state index is -0.194. The number of rotatable bonds is 5. The fraction of sp³-hybridized carbons (Fsp3) is 0.500. The molecule has 1 aromatic carbocycles. The Hall–Kier alpha value is -1.06. The molecule has 0 unspecified atom stereocenters. The van der Waals surface area contributed by atoms with Crippen LogP contribution in [0.2, 0.25) is 5.02 Å². The average Bonchev–Trinajstić information content (AvgIpc) is 2.26. The van der Waals surface area contributed by atoms with E-state index in [4.69, 9.17) is 21.1 Å². The van der Waals surface area contributed by atoms with Gasteiger partial charge < -0.3 is 9.47 Å². The molecule has 0 bridgehead atoms. The average molecular weight is 269 g/mol. The van der Waals surface area contributed by atoms with Gasteiger partial charge in [0, 0.05) is 11.8 Å². The summed E-state index contributed by atoms with van der Waals surface area (Å²) in [6.45, 7) is 5.27. The van der Waals surface area contributed by atoms with Crippen molar-refractivity contribution in [2.45, 2.75) is 25.7 Å². The van der Waals surface area contributed by atoms with Gasteiger partial charge in [0.05, 0.1) is 24.8 Å². The Balaban J connectivity index is 2.27. The number of ether oxygens (including phenoxy) is 2. The third kappa shape index (κ3) is 2.52. The molecule has 18 heavy (non-hydrogen) atoms. The summed E-state index contributed by atoms with van der Waals surface area (Å²) < 4.78 is 10.7. The van der Waals surface area contributed by atoms with Gasteiger partial charge in [0.1, 0.15) is 11.5 Å². The van der Waals surface area contributed by atoms with Crippen LogP contribution in [-0.2, 0) is 14.9 Å². The zero-order valence-corrected chi connectivity index (χ0v) is 11.4. The number of carbonyl (C=O) groups is 1. The largest absolute Gasteiger partial charge is 0.492 e. The zero-order valence-electron chi connectivity index (χ0n) is 10.7. The Kier molecular flexibility index (Phi) is 3.93. The molecule has 1 aliphatic rings. The van der Waals surface area contributed by atoms with Gasteiger partial charge in [-0.25, -0.2) is 0 Å². The van der Waals surface area contributed by atoms with Crippen molar-refractivity contribution in [2.24, 2.45) is 0 Å². The molecule has 1 fully saturated rings. The minimum absolute atomic E-state index is 0.170. The summed E-state index contributed by atoms with van der Waals surface area (Å²) in [5, 5.41) is 0.587. The maximum Gasteiger partial charge on any atom is 0.137 e. The highest BCUT2D eigenvalue weighted by molar-refractivity contribution is 6.32. The quantitative estimate of drug-likeness (QED) is 0.824. The summed E-state index contributed by atoms with van der Waals surface area (Å²) in [6, 6.07) is 5.72. The van der Waals surface area contributed by atoms with E-state index in [9.17, 15) is 4.79 Å². The lowest BCUT2D eigenvalue weighted by atomic mass is 9.75. The molecule has 0 radical (unpaired) electrons. The Bertz CT molecular complexity index is 452. The normalized spacial score (nSPS) is 17.1. The summed E-state index contributed by atoms with van der Waals surface area (Å²) in [7, 11) is 0. The van der Waals surface area contributed by atoms with Gasteiger partial charge in [0.2, 0.25) is 0 Å². The second-order valence-electron chi connectivity index (χ2n) is 4.73. The predicted octanol–water partition coefficient (Wildman–Crippen LogP) is 2.99. The van der Waals surface area contributed by atoms with Gasteiger partial charge >= 0.3 is 0 Å². The fourth-order valence-corrected chi connectivity index (χ4v) is 2.53. The Morgan fingerprint density at radius 2 is 2.22 bits per heavy atom. The summed E-state index contributed by atoms with van der Waals surface area (Å²) >= 11 is 6.18. The van der Waals surface area contributed by atoms with Gasteiger partial charge in [-0.15, -0.1) is 0 Å². The van der Waals surface area contributed by atoms with Crippen LogP contribution in [-0.4, -0.2) is 25.6 Å². The van der Waals surface area contributed by atoms with E-state index in [1.54, 1.807) is 6.92 Å². The smallest absolute Gasteiger partial charge is 0.137 e. The maximum absolute atomic E-state index is 11.4. The highest BCUT2D eigenvalue weighted by Crippen LogP contribution is 2.39. The van der Waals surface area contributed by atoms with Crippen LogP contribution in [0.25, 0.3) is 0 Å². The number of hydrogen-bond acceptors (Lipinski definition) is 3. The molecule has 4 heteroatoms. The van der Waals surface area contributed by atoms with E-state index in [0.717, 1.165) is 5.56 Å². The minimum Gasteiger partial charge on any atom is -0.492 e. The van der Waals surface area contributed by atoms with E-state index < -0.39 is 0 Å². The molecule has 1 aromatic rings. The second kappa shape index (κ2) is 5.29. The van der Waals surface area contributed by atoms with Crippen molar-refractivity contribution in [2.75, 3.05) is 19.8 Å². The molecular formula is C14H17ClO3. The maximum atomic E-state index is 11.4. The van der Waals surface area contributed by atoms with Gasteiger partial charge in [0.25, 0.3) is 0 Å². The van der Waals surface area contributed by atoms with Crippen LogP contribution in [0.3, 0.4) is 0 Å². The van der Waals surface area contributed by atoms with Crippen molar-refractivity contribution < 1.29 is 14.3 Å². The third-order valence-corrected chi connectivity index (χ3v) is 3.48. The van der Waals surface area contributed by atoms with Crippen LogP contribution in [0.4, 0.5) is 0 Å². The monoisotopic (exact) mass is 268 g/mol. The van der Waals surface area contributed by atoms with Gasteiger partial charge in [-0.05, 0) is 31.5 Å². The molecule has 0 N–H and O–H groups in total. The first-order valence-corrected chi connectivity index (χ1v) is 6.45. The van der Waals surface area contributed by atoms with E-state index in [0.29, 0.717) is 37.0 Å². The van der Waals surface area contributed by atoms with Crippen molar-refractivity contribution in [1.29, 1.82) is 0 Å². The molecule has 2 rings (SSSR count). The van der Waals surface area contributed by atoms with Crippen LogP contribution < -0.4 is 4.74 Å². The van der Waals surface area contributed by atoms with Crippen molar-refractivity contribution in [3.63, 3.8) is 0 Å². The third-order valence-electron chi connectivity index (χ3n) is 3.19. The standard InChI is InChI=1S/C14H17ClO3/c1-3-18-13-5-4-11(6-12(13)15)14(7-10(2)16)8-17-9-14/h4-6H,3,7-9H2,1-2H3. The van der Waals surface area contributed by atoms with E-state index in [-0.39, 0.29) is 11.2 Å². The summed E-state index contributed by atoms with van der Waals surface area (Å²) in [4.78, 5) is 11.4. The van der Waals surface area contributed by atoms with Crippen LogP contribution in [0.15, 0.2) is 18.2 Å². The van der Waals surface area contributed by atoms with Crippen molar-refractivity contribution in [3.05, 3.63) is 28.8 Å². The predicted molar refractivity (Wildman–Crippen MR) is 70.4 cm³/mol. The van der Waals surface area contributed by atoms with Crippen LogP contribution in [0.1, 0.15) is 25.8 Å². The van der Waals surface area contributed by atoms with Crippen molar-refractivity contribution in [3.8, 4) is 5.75 Å². The number of benzene rings is 1. The molecule has 1 aliphatic heterocycles. The first kappa shape index (κ1) is 13.4. The molecular weight excluding hydrogens is 252 g/mol. The molecule has 1 saturated heterocycles. The molecule has 0 atom stereocenters. The lowest BCUT2D eigenvalue weighted by Crippen LogP contribution is -2.48. The molecule has 0 saturated carbocycles. The molecule has 0 spiro atoms. The summed E-state index contributed by atoms with van der Waals surface area (Å²) in [6.07, 6.45) is 0.497. The molecule has 3 nitrogen and oxygen atoms in total. The van der Waals surface area contributed by atoms with E-state index in [1.165, 1.54) is 0 Å². The van der Waals surface area contributed by atoms with Gasteiger partial charge in [-0.1, -0.05) is 17.7 Å². The molecule has 1 heterocycles. The SMILES string of the molecule is CCOc1ccc(C2(CC(C)=O)COC2)cc1Cl. The zero-order chi connectivity index (χ0) is 13.2. The van der Waals surface area contributed by atoms with Crippen molar-refractivity contribution in [1.82, 2.24) is 0 Å². The Morgan fingerprint density at radius 3 is 2.67 bits per heavy atom. The Labute approximate surface area is 112 Å². The topological polar surface area (TPSA) is 35.5 Å². The van der Waals surface area contributed by atoms with E-state index in [2.05, 4.69) is 0 Å². The van der Waals surface area contributed by atoms with Crippen molar-refractivity contribution >= 4 is 17.4 Å². The van der Waals surface area contributed by atoms with E-state index in [1.807, 2.05) is 25.1 Å². The van der Waals surface area contributed by atoms with Crippen LogP contribution in [0, 0.1) is 0 Å². The molecule has 98 valence electrons. The molecule has 0 aromatic heterocycles. The Morgan fingerprint density at radius 1 is 1.50 bits per heavy atom. The number of carbonyl (C=O) groups excluding carboxylic acids is 1. The van der Waals surface area contributed by atoms with E-state index >= 15 is 0 Å². The van der Waals surface area contributed by atoms with Gasteiger partial charge in [-0.2, -0.15) is 0 Å². The van der Waals surface area contributed by atoms with Crippen LogP contribution >= 0.6 is 11.6 Å². The summed E-state index contributed by atoms with van der Waals surface area (Å²) in [5.41, 5.74) is 0.859. The highest BCUT2D eigenvalue weighted by atomic mass is 35.5. The molecule has 0 amide bonds. The van der Waals surface area contributed by atoms with Gasteiger partial charge in [-0.3, -0.25) is 4.79 Å². The lowest BCUT2D eigenvalue weighted by Gasteiger charge is -2.41. The first-order chi connectivity index (χ1) is 8.57. The van der Waals surface area contributed by atoms with Crippen LogP contribution in [0.5, 0.6) is 5.75 Å². The highest BCUT2D eigenvalue weighted by Gasteiger charge is 2.41. The fourth-order valence-electron chi connectivity index (χ4n) is 2.30. The lowest BCUT2D eigenvalue weighted by molar-refractivity contribution is -0.125. The number of ketones is 1. The number of Topliss-reactive ketones (excluding diaryl/α,β-unsaturated/α-hetero) is 1.